The number of morpholine rings is 1. The molecule has 0 radical (unpaired) electrons. The Morgan fingerprint density at radius 1 is 1.38 bits per heavy atom. The van der Waals surface area contributed by atoms with E-state index >= 15 is 0 Å². The molecule has 2 aromatic heterocycles. The number of amides is 1. The smallest absolute Gasteiger partial charge is 0.242 e. The summed E-state index contributed by atoms with van der Waals surface area (Å²) in [4.78, 5) is 18.4. The number of nitrogens with zero attached hydrogens (tertiary/aromatic N) is 4. The molecule has 4 rings (SSSR count). The number of carbonyl (C=O) groups is 1. The Bertz CT molecular complexity index is 861. The van der Waals surface area contributed by atoms with Crippen LogP contribution in [0.2, 0.25) is 5.02 Å². The van der Waals surface area contributed by atoms with Gasteiger partial charge in [-0.2, -0.15) is 4.98 Å². The Morgan fingerprint density at radius 2 is 2.29 bits per heavy atom. The lowest BCUT2D eigenvalue weighted by Crippen LogP contribution is -2.43. The Labute approximate surface area is 142 Å². The molecule has 1 aliphatic heterocycles. The summed E-state index contributed by atoms with van der Waals surface area (Å²) >= 11 is 6.06. The van der Waals surface area contributed by atoms with E-state index in [4.69, 9.17) is 20.9 Å². The van der Waals surface area contributed by atoms with E-state index in [-0.39, 0.29) is 18.6 Å². The van der Waals surface area contributed by atoms with Crippen LogP contribution >= 0.6 is 11.6 Å². The lowest BCUT2D eigenvalue weighted by molar-refractivity contribution is -0.139. The highest BCUT2D eigenvalue weighted by Gasteiger charge is 2.28. The van der Waals surface area contributed by atoms with Crippen LogP contribution in [0.15, 0.2) is 41.4 Å². The summed E-state index contributed by atoms with van der Waals surface area (Å²) in [6.07, 6.45) is 2.81. The monoisotopic (exact) mass is 346 g/mol. The molecule has 24 heavy (non-hydrogen) atoms. The van der Waals surface area contributed by atoms with Crippen molar-refractivity contribution in [3.63, 3.8) is 0 Å². The molecule has 8 heteroatoms. The zero-order valence-corrected chi connectivity index (χ0v) is 13.5. The fraction of sp³-hybridized carbons (Fsp3) is 0.312. The molecule has 124 valence electrons. The first-order valence-electron chi connectivity index (χ1n) is 7.61. The molecule has 0 N–H and O–H groups in total. The van der Waals surface area contributed by atoms with Crippen molar-refractivity contribution in [2.75, 3.05) is 19.7 Å². The van der Waals surface area contributed by atoms with Gasteiger partial charge in [-0.1, -0.05) is 22.8 Å². The Hall–Kier alpha value is -2.38. The summed E-state index contributed by atoms with van der Waals surface area (Å²) in [6.45, 7) is 1.66. The highest BCUT2D eigenvalue weighted by Crippen LogP contribution is 2.22. The van der Waals surface area contributed by atoms with Crippen molar-refractivity contribution in [2.24, 2.45) is 0 Å². The van der Waals surface area contributed by atoms with Gasteiger partial charge in [0.25, 0.3) is 0 Å². The van der Waals surface area contributed by atoms with E-state index in [2.05, 4.69) is 10.1 Å². The van der Waals surface area contributed by atoms with Crippen LogP contribution in [0.1, 0.15) is 11.9 Å². The average Bonchev–Trinajstić information content (AvgIpc) is 3.25. The van der Waals surface area contributed by atoms with Gasteiger partial charge in [0, 0.05) is 23.3 Å². The zero-order valence-electron chi connectivity index (χ0n) is 12.8. The van der Waals surface area contributed by atoms with Crippen LogP contribution in [0.5, 0.6) is 0 Å². The second kappa shape index (κ2) is 6.26. The van der Waals surface area contributed by atoms with Crippen LogP contribution in [0, 0.1) is 0 Å². The number of halogens is 1. The predicted octanol–water partition coefficient (Wildman–Crippen LogP) is 2.28. The molecule has 1 saturated heterocycles. The van der Waals surface area contributed by atoms with Gasteiger partial charge in [0.05, 0.1) is 13.2 Å². The van der Waals surface area contributed by atoms with Crippen molar-refractivity contribution in [1.29, 1.82) is 0 Å². The van der Waals surface area contributed by atoms with Crippen LogP contribution < -0.4 is 0 Å². The molecule has 0 bridgehead atoms. The van der Waals surface area contributed by atoms with E-state index < -0.39 is 0 Å². The van der Waals surface area contributed by atoms with E-state index in [9.17, 15) is 4.79 Å². The number of aromatic nitrogens is 3. The summed E-state index contributed by atoms with van der Waals surface area (Å²) in [5, 5.41) is 5.50. The summed E-state index contributed by atoms with van der Waals surface area (Å²) in [5.74, 6) is 0.481. The first-order valence-corrected chi connectivity index (χ1v) is 7.98. The Kier molecular flexibility index (Phi) is 3.95. The SMILES string of the molecule is O=C(Cn1ccc2ccc(Cl)cc21)N1CCO[C@@H](c2ncon2)C1. The molecule has 0 unspecified atom stereocenters. The first-order chi connectivity index (χ1) is 11.7. The number of hydrogen-bond acceptors (Lipinski definition) is 5. The third-order valence-electron chi connectivity index (χ3n) is 4.13. The number of rotatable bonds is 3. The van der Waals surface area contributed by atoms with Crippen molar-refractivity contribution in [3.05, 3.63) is 47.7 Å². The second-order valence-corrected chi connectivity index (χ2v) is 6.07. The maximum absolute atomic E-state index is 12.7. The molecule has 1 amide bonds. The van der Waals surface area contributed by atoms with Crippen molar-refractivity contribution in [1.82, 2.24) is 19.6 Å². The number of ether oxygens (including phenoxy) is 1. The third kappa shape index (κ3) is 2.88. The molecular formula is C16H15ClN4O3. The van der Waals surface area contributed by atoms with Crippen LogP contribution in [0.3, 0.4) is 0 Å². The summed E-state index contributed by atoms with van der Waals surface area (Å²) < 4.78 is 12.3. The highest BCUT2D eigenvalue weighted by atomic mass is 35.5. The number of benzene rings is 1. The molecule has 1 fully saturated rings. The molecule has 3 aromatic rings. The predicted molar refractivity (Wildman–Crippen MR) is 86.5 cm³/mol. The molecule has 0 aliphatic carbocycles. The van der Waals surface area contributed by atoms with Gasteiger partial charge in [-0.05, 0) is 23.6 Å². The van der Waals surface area contributed by atoms with Gasteiger partial charge in [-0.25, -0.2) is 0 Å². The summed E-state index contributed by atoms with van der Waals surface area (Å²) in [7, 11) is 0. The standard InChI is InChI=1S/C16H15ClN4O3/c17-12-2-1-11-3-4-20(13(11)7-12)9-15(22)21-5-6-23-14(8-21)16-18-10-24-19-16/h1-4,7,10,14H,5-6,8-9H2/t14-/m1/s1. The lowest BCUT2D eigenvalue weighted by Gasteiger charge is -2.31. The third-order valence-corrected chi connectivity index (χ3v) is 4.36. The van der Waals surface area contributed by atoms with Crippen LogP contribution in [0.4, 0.5) is 0 Å². The van der Waals surface area contributed by atoms with Gasteiger partial charge < -0.3 is 18.7 Å². The van der Waals surface area contributed by atoms with E-state index in [1.165, 1.54) is 6.39 Å². The fourth-order valence-corrected chi connectivity index (χ4v) is 3.06. The van der Waals surface area contributed by atoms with Crippen LogP contribution in [0.25, 0.3) is 10.9 Å². The van der Waals surface area contributed by atoms with Gasteiger partial charge in [0.1, 0.15) is 12.6 Å². The molecule has 1 aromatic carbocycles. The van der Waals surface area contributed by atoms with Gasteiger partial charge in [-0.15, -0.1) is 0 Å². The van der Waals surface area contributed by atoms with E-state index in [1.807, 2.05) is 35.0 Å². The summed E-state index contributed by atoms with van der Waals surface area (Å²) in [6, 6.07) is 7.62. The second-order valence-electron chi connectivity index (χ2n) is 5.64. The normalized spacial score (nSPS) is 18.2. The molecular weight excluding hydrogens is 332 g/mol. The van der Waals surface area contributed by atoms with E-state index in [0.717, 1.165) is 10.9 Å². The molecule has 1 atom stereocenters. The van der Waals surface area contributed by atoms with Crippen molar-refractivity contribution >= 4 is 28.4 Å². The Balaban J connectivity index is 1.50. The highest BCUT2D eigenvalue weighted by molar-refractivity contribution is 6.31. The minimum absolute atomic E-state index is 0.0178. The fourth-order valence-electron chi connectivity index (χ4n) is 2.89. The van der Waals surface area contributed by atoms with Gasteiger partial charge in [0.2, 0.25) is 18.1 Å². The Morgan fingerprint density at radius 3 is 3.12 bits per heavy atom. The molecule has 7 nitrogen and oxygen atoms in total. The van der Waals surface area contributed by atoms with Crippen LogP contribution in [-0.2, 0) is 16.1 Å². The topological polar surface area (TPSA) is 73.4 Å². The quantitative estimate of drug-likeness (QED) is 0.727. The van der Waals surface area contributed by atoms with Gasteiger partial charge >= 0.3 is 0 Å². The first kappa shape index (κ1) is 15.2. The zero-order chi connectivity index (χ0) is 16.5. The van der Waals surface area contributed by atoms with E-state index in [1.54, 1.807) is 4.90 Å². The van der Waals surface area contributed by atoms with Crippen molar-refractivity contribution in [2.45, 2.75) is 12.6 Å². The molecule has 1 aliphatic rings. The summed E-state index contributed by atoms with van der Waals surface area (Å²) in [5.41, 5.74) is 0.943. The number of fused-ring (bicyclic) bond motifs is 1. The average molecular weight is 347 g/mol. The largest absolute Gasteiger partial charge is 0.366 e. The van der Waals surface area contributed by atoms with Gasteiger partial charge in [0.15, 0.2) is 0 Å². The minimum atomic E-state index is -0.350. The molecule has 3 heterocycles. The van der Waals surface area contributed by atoms with Crippen molar-refractivity contribution < 1.29 is 14.1 Å². The number of hydrogen-bond donors (Lipinski definition) is 0. The minimum Gasteiger partial charge on any atom is -0.366 e. The van der Waals surface area contributed by atoms with Gasteiger partial charge in [-0.3, -0.25) is 4.79 Å². The van der Waals surface area contributed by atoms with E-state index in [0.29, 0.717) is 30.5 Å². The lowest BCUT2D eigenvalue weighted by atomic mass is 10.2. The maximum Gasteiger partial charge on any atom is 0.242 e. The molecule has 0 saturated carbocycles. The molecule has 0 spiro atoms. The van der Waals surface area contributed by atoms with Crippen molar-refractivity contribution in [3.8, 4) is 0 Å². The maximum atomic E-state index is 12.7. The number of carbonyl (C=O) groups excluding carboxylic acids is 1. The van der Waals surface area contributed by atoms with Crippen LogP contribution in [-0.4, -0.2) is 45.2 Å².